The minimum absolute atomic E-state index is 0.0868. The summed E-state index contributed by atoms with van der Waals surface area (Å²) in [6.45, 7) is 4.62. The van der Waals surface area contributed by atoms with Gasteiger partial charge in [-0.15, -0.1) is 0 Å². The molecular formula is C21H23N3O. The third-order valence-corrected chi connectivity index (χ3v) is 3.97. The normalized spacial score (nSPS) is 10.9. The van der Waals surface area contributed by atoms with Gasteiger partial charge in [0.15, 0.2) is 0 Å². The monoisotopic (exact) mass is 333 g/mol. The molecule has 0 atom stereocenters. The maximum atomic E-state index is 12.5. The summed E-state index contributed by atoms with van der Waals surface area (Å²) in [5.74, 6) is -0.383. The maximum Gasteiger partial charge on any atom is 0.267 e. The number of nitriles is 1. The second-order valence-corrected chi connectivity index (χ2v) is 5.97. The van der Waals surface area contributed by atoms with Gasteiger partial charge in [0.2, 0.25) is 0 Å². The number of aryl methyl sites for hydroxylation is 2. The van der Waals surface area contributed by atoms with Crippen molar-refractivity contribution in [2.45, 2.75) is 26.8 Å². The number of benzene rings is 2. The third kappa shape index (κ3) is 4.95. The Hall–Kier alpha value is -3.06. The van der Waals surface area contributed by atoms with Crippen LogP contribution >= 0.6 is 0 Å². The van der Waals surface area contributed by atoms with Crippen molar-refractivity contribution in [1.82, 2.24) is 4.90 Å². The lowest BCUT2D eigenvalue weighted by molar-refractivity contribution is -0.112. The molecule has 0 spiro atoms. The van der Waals surface area contributed by atoms with Crippen LogP contribution in [-0.4, -0.2) is 17.9 Å². The van der Waals surface area contributed by atoms with Crippen LogP contribution in [0.2, 0.25) is 0 Å². The molecule has 2 aromatic carbocycles. The van der Waals surface area contributed by atoms with Crippen molar-refractivity contribution in [2.75, 3.05) is 12.4 Å². The standard InChI is InChI=1S/C21H23N3O/c1-4-18-12-8-9-16(2)20(18)23-21(25)19(13-22)15-24(3)14-17-10-6-5-7-11-17/h5-12,15H,4,14H2,1-3H3,(H,23,25)/b19-15-. The molecule has 2 rings (SSSR count). The average Bonchev–Trinajstić information content (AvgIpc) is 2.62. The van der Waals surface area contributed by atoms with Crippen molar-refractivity contribution in [2.24, 2.45) is 0 Å². The van der Waals surface area contributed by atoms with E-state index in [0.29, 0.717) is 6.54 Å². The highest BCUT2D eigenvalue weighted by atomic mass is 16.1. The second kappa shape index (κ2) is 8.70. The van der Waals surface area contributed by atoms with E-state index in [0.717, 1.165) is 28.8 Å². The van der Waals surface area contributed by atoms with E-state index in [4.69, 9.17) is 0 Å². The van der Waals surface area contributed by atoms with Crippen LogP contribution < -0.4 is 5.32 Å². The smallest absolute Gasteiger partial charge is 0.267 e. The molecule has 4 nitrogen and oxygen atoms in total. The van der Waals surface area contributed by atoms with Crippen LogP contribution in [0.3, 0.4) is 0 Å². The molecule has 0 saturated carbocycles. The number of nitrogens with one attached hydrogen (secondary N) is 1. The van der Waals surface area contributed by atoms with Gasteiger partial charge >= 0.3 is 0 Å². The van der Waals surface area contributed by atoms with Gasteiger partial charge < -0.3 is 10.2 Å². The molecular weight excluding hydrogens is 310 g/mol. The van der Waals surface area contributed by atoms with Crippen LogP contribution in [0.1, 0.15) is 23.6 Å². The van der Waals surface area contributed by atoms with Crippen molar-refractivity contribution in [3.63, 3.8) is 0 Å². The SMILES string of the molecule is CCc1cccc(C)c1NC(=O)/C(C#N)=C\N(C)Cc1ccccc1. The molecule has 0 aliphatic rings. The summed E-state index contributed by atoms with van der Waals surface area (Å²) in [5.41, 5.74) is 4.04. The quantitative estimate of drug-likeness (QED) is 0.641. The fourth-order valence-electron chi connectivity index (χ4n) is 2.66. The first-order valence-corrected chi connectivity index (χ1v) is 8.31. The van der Waals surface area contributed by atoms with E-state index in [2.05, 4.69) is 5.32 Å². The van der Waals surface area contributed by atoms with E-state index in [1.165, 1.54) is 0 Å². The molecule has 128 valence electrons. The number of carbonyl (C=O) groups excluding carboxylic acids is 1. The highest BCUT2D eigenvalue weighted by Gasteiger charge is 2.13. The molecule has 0 aromatic heterocycles. The van der Waals surface area contributed by atoms with Gasteiger partial charge in [0.1, 0.15) is 11.6 Å². The van der Waals surface area contributed by atoms with Crippen molar-refractivity contribution in [3.8, 4) is 6.07 Å². The fourth-order valence-corrected chi connectivity index (χ4v) is 2.66. The van der Waals surface area contributed by atoms with Crippen molar-refractivity contribution >= 4 is 11.6 Å². The van der Waals surface area contributed by atoms with E-state index in [9.17, 15) is 10.1 Å². The summed E-state index contributed by atoms with van der Waals surface area (Å²) in [6, 6.07) is 17.8. The van der Waals surface area contributed by atoms with Crippen LogP contribution in [-0.2, 0) is 17.8 Å². The second-order valence-electron chi connectivity index (χ2n) is 5.97. The Morgan fingerprint density at radius 3 is 2.56 bits per heavy atom. The van der Waals surface area contributed by atoms with E-state index in [-0.39, 0.29) is 11.5 Å². The largest absolute Gasteiger partial charge is 0.375 e. The summed E-state index contributed by atoms with van der Waals surface area (Å²) in [5, 5.41) is 12.3. The molecule has 2 aromatic rings. The highest BCUT2D eigenvalue weighted by Crippen LogP contribution is 2.21. The van der Waals surface area contributed by atoms with Gasteiger partial charge in [-0.2, -0.15) is 5.26 Å². The number of para-hydroxylation sites is 1. The zero-order valence-corrected chi connectivity index (χ0v) is 14.9. The third-order valence-electron chi connectivity index (χ3n) is 3.97. The number of hydrogen-bond donors (Lipinski definition) is 1. The zero-order valence-electron chi connectivity index (χ0n) is 14.9. The average molecular weight is 333 g/mol. The van der Waals surface area contributed by atoms with Gasteiger partial charge in [-0.25, -0.2) is 0 Å². The maximum absolute atomic E-state index is 12.5. The molecule has 0 bridgehead atoms. The molecule has 1 amide bonds. The number of nitrogens with zero attached hydrogens (tertiary/aromatic N) is 2. The first-order chi connectivity index (χ1) is 12.0. The van der Waals surface area contributed by atoms with E-state index >= 15 is 0 Å². The Morgan fingerprint density at radius 1 is 1.20 bits per heavy atom. The minimum Gasteiger partial charge on any atom is -0.375 e. The molecule has 4 heteroatoms. The van der Waals surface area contributed by atoms with Gasteiger partial charge in [0.05, 0.1) is 0 Å². The summed E-state index contributed by atoms with van der Waals surface area (Å²) >= 11 is 0. The Labute approximate surface area is 149 Å². The Kier molecular flexibility index (Phi) is 6.36. The zero-order chi connectivity index (χ0) is 18.2. The predicted octanol–water partition coefficient (Wildman–Crippen LogP) is 4.04. The number of hydrogen-bond acceptors (Lipinski definition) is 3. The Balaban J connectivity index is 2.15. The number of rotatable bonds is 6. The van der Waals surface area contributed by atoms with Gasteiger partial charge in [0, 0.05) is 25.5 Å². The first-order valence-electron chi connectivity index (χ1n) is 8.31. The summed E-state index contributed by atoms with van der Waals surface area (Å²) in [7, 11) is 1.85. The van der Waals surface area contributed by atoms with Crippen molar-refractivity contribution in [3.05, 3.63) is 77.0 Å². The minimum atomic E-state index is -0.383. The highest BCUT2D eigenvalue weighted by molar-refractivity contribution is 6.07. The van der Waals surface area contributed by atoms with Crippen LogP contribution in [0.4, 0.5) is 5.69 Å². The Bertz CT molecular complexity index is 804. The van der Waals surface area contributed by atoms with E-state index in [1.807, 2.05) is 80.4 Å². The summed E-state index contributed by atoms with van der Waals surface area (Å²) < 4.78 is 0. The van der Waals surface area contributed by atoms with Gasteiger partial charge in [0.25, 0.3) is 5.91 Å². The fraction of sp³-hybridized carbons (Fsp3) is 0.238. The summed E-state index contributed by atoms with van der Waals surface area (Å²) in [4.78, 5) is 14.4. The molecule has 0 saturated heterocycles. The molecule has 1 N–H and O–H groups in total. The molecule has 0 aliphatic heterocycles. The molecule has 25 heavy (non-hydrogen) atoms. The lowest BCUT2D eigenvalue weighted by Crippen LogP contribution is -2.19. The molecule has 0 aliphatic carbocycles. The molecule has 0 fully saturated rings. The number of carbonyl (C=O) groups is 1. The Morgan fingerprint density at radius 2 is 1.92 bits per heavy atom. The summed E-state index contributed by atoms with van der Waals surface area (Å²) in [6.07, 6.45) is 2.41. The van der Waals surface area contributed by atoms with Gasteiger partial charge in [-0.3, -0.25) is 4.79 Å². The lowest BCUT2D eigenvalue weighted by atomic mass is 10.1. The van der Waals surface area contributed by atoms with Gasteiger partial charge in [-0.1, -0.05) is 55.5 Å². The van der Waals surface area contributed by atoms with E-state index < -0.39 is 0 Å². The molecule has 0 heterocycles. The number of anilines is 1. The number of amides is 1. The predicted molar refractivity (Wildman–Crippen MR) is 101 cm³/mol. The lowest BCUT2D eigenvalue weighted by Gasteiger charge is -2.16. The van der Waals surface area contributed by atoms with Crippen LogP contribution in [0, 0.1) is 18.3 Å². The van der Waals surface area contributed by atoms with Crippen LogP contribution in [0.15, 0.2) is 60.3 Å². The van der Waals surface area contributed by atoms with Gasteiger partial charge in [-0.05, 0) is 30.0 Å². The van der Waals surface area contributed by atoms with Crippen LogP contribution in [0.25, 0.3) is 0 Å². The van der Waals surface area contributed by atoms with Crippen molar-refractivity contribution in [1.29, 1.82) is 5.26 Å². The van der Waals surface area contributed by atoms with Crippen molar-refractivity contribution < 1.29 is 4.79 Å². The van der Waals surface area contributed by atoms with Crippen LogP contribution in [0.5, 0.6) is 0 Å². The topological polar surface area (TPSA) is 56.1 Å². The molecule has 0 radical (unpaired) electrons. The first kappa shape index (κ1) is 18.3. The van der Waals surface area contributed by atoms with E-state index in [1.54, 1.807) is 6.20 Å². The molecule has 0 unspecified atom stereocenters.